The molecule has 1 aromatic heterocycles. The van der Waals surface area contributed by atoms with Crippen molar-refractivity contribution in [2.24, 2.45) is 0 Å². The summed E-state index contributed by atoms with van der Waals surface area (Å²) in [7, 11) is 0. The normalized spacial score (nSPS) is 11.8. The Labute approximate surface area is 165 Å². The van der Waals surface area contributed by atoms with Gasteiger partial charge in [0.1, 0.15) is 5.69 Å². The molecule has 0 unspecified atom stereocenters. The van der Waals surface area contributed by atoms with Gasteiger partial charge in [0.2, 0.25) is 0 Å². The summed E-state index contributed by atoms with van der Waals surface area (Å²) in [6.07, 6.45) is -10.1. The molecule has 0 saturated carbocycles. The first-order valence-corrected chi connectivity index (χ1v) is 8.15. The average Bonchev–Trinajstić information content (AvgIpc) is 3.15. The van der Waals surface area contributed by atoms with Gasteiger partial charge in [0, 0.05) is 17.3 Å². The predicted octanol–water partition coefficient (Wildman–Crippen LogP) is 5.03. The Balaban J connectivity index is 1.94. The first kappa shape index (κ1) is 20.9. The number of nitriles is 1. The fourth-order valence-corrected chi connectivity index (χ4v) is 2.53. The van der Waals surface area contributed by atoms with E-state index in [1.54, 1.807) is 0 Å². The summed E-state index contributed by atoms with van der Waals surface area (Å²) in [5.74, 6) is -0.621. The summed E-state index contributed by atoms with van der Waals surface area (Å²) >= 11 is 0. The molecule has 0 spiro atoms. The maximum absolute atomic E-state index is 13.2. The Morgan fingerprint density at radius 3 is 2.20 bits per heavy atom. The summed E-state index contributed by atoms with van der Waals surface area (Å²) in [6.45, 7) is 0. The van der Waals surface area contributed by atoms with Crippen LogP contribution in [0.5, 0.6) is 0 Å². The predicted molar refractivity (Wildman–Crippen MR) is 92.7 cm³/mol. The number of anilines is 1. The van der Waals surface area contributed by atoms with Crippen LogP contribution in [0.4, 0.5) is 32.0 Å². The quantitative estimate of drug-likeness (QED) is 0.600. The number of nitrogens with zero attached hydrogens (tertiary/aromatic N) is 3. The van der Waals surface area contributed by atoms with E-state index in [2.05, 4.69) is 10.4 Å². The summed E-state index contributed by atoms with van der Waals surface area (Å²) in [6, 6.07) is 12.2. The Morgan fingerprint density at radius 1 is 0.967 bits per heavy atom. The number of carbonyl (C=O) groups excluding carboxylic acids is 1. The van der Waals surface area contributed by atoms with E-state index in [9.17, 15) is 31.1 Å². The molecular formula is C19H10F6N4O. The number of halogens is 6. The Kier molecular flexibility index (Phi) is 5.26. The summed E-state index contributed by atoms with van der Waals surface area (Å²) < 4.78 is 78.3. The highest BCUT2D eigenvalue weighted by Crippen LogP contribution is 2.36. The minimum absolute atomic E-state index is 0.0408. The molecule has 1 heterocycles. The first-order valence-electron chi connectivity index (χ1n) is 8.15. The van der Waals surface area contributed by atoms with Crippen molar-refractivity contribution in [1.29, 1.82) is 5.26 Å². The lowest BCUT2D eigenvalue weighted by Gasteiger charge is -2.12. The Bertz CT molecular complexity index is 1120. The van der Waals surface area contributed by atoms with Crippen molar-refractivity contribution in [3.8, 4) is 11.8 Å². The van der Waals surface area contributed by atoms with Gasteiger partial charge in [0.25, 0.3) is 5.91 Å². The van der Waals surface area contributed by atoms with E-state index >= 15 is 0 Å². The van der Waals surface area contributed by atoms with E-state index < -0.39 is 29.6 Å². The number of carbonyl (C=O) groups is 1. The monoisotopic (exact) mass is 424 g/mol. The molecule has 0 atom stereocenters. The van der Waals surface area contributed by atoms with Crippen molar-refractivity contribution < 1.29 is 31.1 Å². The van der Waals surface area contributed by atoms with Crippen LogP contribution >= 0.6 is 0 Å². The van der Waals surface area contributed by atoms with Crippen molar-refractivity contribution >= 4 is 11.6 Å². The number of rotatable bonds is 3. The SMILES string of the molecule is N#Cc1ccc(C(=O)Nc2cccc(-n3nc(C(F)(F)F)cc3C(F)(F)F)c2)cc1. The standard InChI is InChI=1S/C19H10F6N4O/c20-18(21,22)15-9-16(19(23,24)25)29(28-15)14-3-1-2-13(8-14)27-17(30)12-6-4-11(10-26)5-7-12/h1-9H,(H,27,30). The minimum Gasteiger partial charge on any atom is -0.322 e. The van der Waals surface area contributed by atoms with Crippen molar-refractivity contribution in [3.05, 3.63) is 77.1 Å². The van der Waals surface area contributed by atoms with Crippen LogP contribution < -0.4 is 5.32 Å². The van der Waals surface area contributed by atoms with E-state index in [0.717, 1.165) is 12.1 Å². The van der Waals surface area contributed by atoms with Crippen LogP contribution in [0.1, 0.15) is 27.3 Å². The second-order valence-corrected chi connectivity index (χ2v) is 6.02. The molecule has 1 amide bonds. The molecule has 3 rings (SSSR count). The van der Waals surface area contributed by atoms with Gasteiger partial charge in [-0.15, -0.1) is 0 Å². The number of alkyl halides is 6. The van der Waals surface area contributed by atoms with Crippen LogP contribution in [0.2, 0.25) is 0 Å². The third kappa shape index (κ3) is 4.43. The van der Waals surface area contributed by atoms with Gasteiger partial charge in [0.05, 0.1) is 17.3 Å². The van der Waals surface area contributed by atoms with E-state index in [-0.39, 0.29) is 27.7 Å². The van der Waals surface area contributed by atoms with Gasteiger partial charge in [-0.25, -0.2) is 4.68 Å². The third-order valence-electron chi connectivity index (χ3n) is 3.92. The van der Waals surface area contributed by atoms with Crippen LogP contribution in [0.25, 0.3) is 5.69 Å². The minimum atomic E-state index is -5.09. The molecular weight excluding hydrogens is 414 g/mol. The highest BCUT2D eigenvalue weighted by Gasteiger charge is 2.42. The third-order valence-corrected chi connectivity index (χ3v) is 3.92. The molecule has 0 aliphatic heterocycles. The second kappa shape index (κ2) is 7.55. The lowest BCUT2D eigenvalue weighted by Crippen LogP contribution is -2.15. The highest BCUT2D eigenvalue weighted by molar-refractivity contribution is 6.04. The van der Waals surface area contributed by atoms with Gasteiger partial charge in [-0.3, -0.25) is 4.79 Å². The molecule has 1 N–H and O–H groups in total. The number of aromatic nitrogens is 2. The van der Waals surface area contributed by atoms with Crippen molar-refractivity contribution in [3.63, 3.8) is 0 Å². The fourth-order valence-electron chi connectivity index (χ4n) is 2.53. The number of benzene rings is 2. The first-order chi connectivity index (χ1) is 14.0. The summed E-state index contributed by atoms with van der Waals surface area (Å²) in [4.78, 5) is 12.3. The molecule has 154 valence electrons. The van der Waals surface area contributed by atoms with E-state index in [1.165, 1.54) is 36.4 Å². The Morgan fingerprint density at radius 2 is 1.63 bits per heavy atom. The van der Waals surface area contributed by atoms with E-state index in [4.69, 9.17) is 5.26 Å². The van der Waals surface area contributed by atoms with Gasteiger partial charge in [-0.1, -0.05) is 6.07 Å². The highest BCUT2D eigenvalue weighted by atomic mass is 19.4. The van der Waals surface area contributed by atoms with Gasteiger partial charge in [-0.05, 0) is 42.5 Å². The Hall–Kier alpha value is -3.81. The maximum atomic E-state index is 13.2. The van der Waals surface area contributed by atoms with Crippen molar-refractivity contribution in [2.45, 2.75) is 12.4 Å². The topological polar surface area (TPSA) is 70.7 Å². The van der Waals surface area contributed by atoms with Gasteiger partial charge in [0.15, 0.2) is 5.69 Å². The largest absolute Gasteiger partial charge is 0.435 e. The smallest absolute Gasteiger partial charge is 0.322 e. The molecule has 2 aromatic carbocycles. The lowest BCUT2D eigenvalue weighted by atomic mass is 10.1. The molecule has 30 heavy (non-hydrogen) atoms. The molecule has 0 saturated heterocycles. The second-order valence-electron chi connectivity index (χ2n) is 6.02. The maximum Gasteiger partial charge on any atom is 0.435 e. The zero-order valence-corrected chi connectivity index (χ0v) is 14.7. The van der Waals surface area contributed by atoms with E-state index in [1.807, 2.05) is 6.07 Å². The number of hydrogen-bond donors (Lipinski definition) is 1. The van der Waals surface area contributed by atoms with E-state index in [0.29, 0.717) is 5.56 Å². The molecule has 5 nitrogen and oxygen atoms in total. The number of amides is 1. The lowest BCUT2D eigenvalue weighted by molar-refractivity contribution is -0.143. The zero-order valence-electron chi connectivity index (χ0n) is 14.7. The van der Waals surface area contributed by atoms with Gasteiger partial charge in [-0.2, -0.15) is 36.7 Å². The van der Waals surface area contributed by atoms with Crippen LogP contribution in [0, 0.1) is 11.3 Å². The molecule has 0 radical (unpaired) electrons. The number of nitrogens with one attached hydrogen (secondary N) is 1. The van der Waals surface area contributed by atoms with Crippen LogP contribution in [0.15, 0.2) is 54.6 Å². The summed E-state index contributed by atoms with van der Waals surface area (Å²) in [5, 5.41) is 14.2. The molecule has 0 bridgehead atoms. The number of hydrogen-bond acceptors (Lipinski definition) is 3. The van der Waals surface area contributed by atoms with Gasteiger partial charge < -0.3 is 5.32 Å². The average molecular weight is 424 g/mol. The molecule has 3 aromatic rings. The molecule has 0 aliphatic carbocycles. The zero-order chi connectivity index (χ0) is 22.1. The fraction of sp³-hybridized carbons (Fsp3) is 0.105. The van der Waals surface area contributed by atoms with Crippen LogP contribution in [0.3, 0.4) is 0 Å². The van der Waals surface area contributed by atoms with Crippen molar-refractivity contribution in [2.75, 3.05) is 5.32 Å². The van der Waals surface area contributed by atoms with Crippen LogP contribution in [-0.2, 0) is 12.4 Å². The van der Waals surface area contributed by atoms with Crippen molar-refractivity contribution in [1.82, 2.24) is 9.78 Å². The summed E-state index contributed by atoms with van der Waals surface area (Å²) in [5.41, 5.74) is -3.08. The molecule has 0 aliphatic rings. The van der Waals surface area contributed by atoms with Gasteiger partial charge >= 0.3 is 12.4 Å². The molecule has 11 heteroatoms. The molecule has 0 fully saturated rings. The van der Waals surface area contributed by atoms with Crippen LogP contribution in [-0.4, -0.2) is 15.7 Å².